The summed E-state index contributed by atoms with van der Waals surface area (Å²) in [6.45, 7) is 1.74. The number of esters is 1. The number of Topliss-reactive ketones (excluding diaryl/α,β-unsaturated/α-hetero) is 1. The van der Waals surface area contributed by atoms with E-state index in [4.69, 9.17) is 16.3 Å². The van der Waals surface area contributed by atoms with Crippen molar-refractivity contribution in [2.24, 2.45) is 5.10 Å². The summed E-state index contributed by atoms with van der Waals surface area (Å²) in [4.78, 5) is 30.4. The van der Waals surface area contributed by atoms with E-state index in [9.17, 15) is 18.0 Å². The molecule has 0 radical (unpaired) electrons. The van der Waals surface area contributed by atoms with Crippen molar-refractivity contribution >= 4 is 77.2 Å². The summed E-state index contributed by atoms with van der Waals surface area (Å²) in [6.07, 6.45) is 0. The molecular weight excluding hydrogens is 566 g/mol. The summed E-state index contributed by atoms with van der Waals surface area (Å²) in [5.41, 5.74) is 0.966. The Morgan fingerprint density at radius 1 is 0.974 bits per heavy atom. The average molecular weight is 584 g/mol. The fourth-order valence-electron chi connectivity index (χ4n) is 3.58. The lowest BCUT2D eigenvalue weighted by Gasteiger charge is -2.19. The van der Waals surface area contributed by atoms with Crippen LogP contribution in [0.1, 0.15) is 16.7 Å². The van der Waals surface area contributed by atoms with Gasteiger partial charge in [-0.1, -0.05) is 41.9 Å². The maximum Gasteiger partial charge on any atom is 0.365 e. The van der Waals surface area contributed by atoms with E-state index in [-0.39, 0.29) is 26.6 Å². The number of carbonyl (C=O) groups excluding carboxylic acids is 2. The Bertz CT molecular complexity index is 1680. The van der Waals surface area contributed by atoms with Gasteiger partial charge < -0.3 is 4.74 Å². The van der Waals surface area contributed by atoms with Crippen LogP contribution in [0.2, 0.25) is 5.02 Å². The first-order valence-corrected chi connectivity index (χ1v) is 14.7. The number of ether oxygens (including phenoxy) is 1. The molecule has 0 spiro atoms. The van der Waals surface area contributed by atoms with Gasteiger partial charge in [0.25, 0.3) is 0 Å². The third-order valence-electron chi connectivity index (χ3n) is 5.31. The van der Waals surface area contributed by atoms with E-state index in [0.29, 0.717) is 16.2 Å². The van der Waals surface area contributed by atoms with Gasteiger partial charge in [0.1, 0.15) is 5.03 Å². The molecule has 0 unspecified atom stereocenters. The van der Waals surface area contributed by atoms with Crippen LogP contribution in [0.4, 0.5) is 5.69 Å². The number of hydrogen-bond donors (Lipinski definition) is 0. The monoisotopic (exact) mass is 583 g/mol. The molecule has 12 heteroatoms. The molecule has 0 saturated carbocycles. The van der Waals surface area contributed by atoms with E-state index >= 15 is 0 Å². The lowest BCUT2D eigenvalue weighted by molar-refractivity contribution is -0.134. The third kappa shape index (κ3) is 4.97. The van der Waals surface area contributed by atoms with Gasteiger partial charge in [0.15, 0.2) is 9.91 Å². The lowest BCUT2D eigenvalue weighted by atomic mass is 10.3. The molecule has 0 fully saturated rings. The smallest absolute Gasteiger partial charge is 0.365 e. The number of halogens is 1. The van der Waals surface area contributed by atoms with E-state index in [0.717, 1.165) is 27.8 Å². The molecule has 0 N–H and O–H groups in total. The van der Waals surface area contributed by atoms with Gasteiger partial charge in [-0.15, -0.1) is 11.3 Å². The maximum absolute atomic E-state index is 14.1. The topological polar surface area (TPSA) is 106 Å². The fraction of sp³-hybridized carbons (Fsp3) is 0.0769. The predicted molar refractivity (Wildman–Crippen MR) is 150 cm³/mol. The first-order valence-electron chi connectivity index (χ1n) is 11.2. The summed E-state index contributed by atoms with van der Waals surface area (Å²) < 4.78 is 33.9. The van der Waals surface area contributed by atoms with Crippen LogP contribution in [0.15, 0.2) is 98.8 Å². The molecule has 1 aromatic heterocycles. The number of aromatic nitrogens is 1. The van der Waals surface area contributed by atoms with Crippen molar-refractivity contribution in [2.75, 3.05) is 11.6 Å². The van der Waals surface area contributed by atoms with Gasteiger partial charge in [-0.3, -0.25) is 4.79 Å². The van der Waals surface area contributed by atoms with E-state index in [1.165, 1.54) is 17.1 Å². The Morgan fingerprint density at radius 3 is 2.34 bits per heavy atom. The number of allylic oxidation sites excluding steroid dienone is 1. The molecule has 0 saturated heterocycles. The van der Waals surface area contributed by atoms with E-state index < -0.39 is 26.5 Å². The highest BCUT2D eigenvalue weighted by atomic mass is 35.5. The molecule has 38 heavy (non-hydrogen) atoms. The van der Waals surface area contributed by atoms with Crippen molar-refractivity contribution in [2.45, 2.75) is 11.8 Å². The zero-order chi connectivity index (χ0) is 26.9. The van der Waals surface area contributed by atoms with Crippen LogP contribution in [0.25, 0.3) is 10.2 Å². The summed E-state index contributed by atoms with van der Waals surface area (Å²) in [5, 5.41) is 5.84. The summed E-state index contributed by atoms with van der Waals surface area (Å²) in [6, 6.07) is 21.2. The van der Waals surface area contributed by atoms with Gasteiger partial charge in [-0.2, -0.15) is 5.10 Å². The molecule has 3 aromatic carbocycles. The number of sulfone groups is 1. The molecule has 192 valence electrons. The number of carbonyl (C=O) groups is 2. The van der Waals surface area contributed by atoms with E-state index in [2.05, 4.69) is 10.1 Å². The van der Waals surface area contributed by atoms with Gasteiger partial charge in [-0.05, 0) is 67.2 Å². The molecular formula is C26H18ClN3O5S3. The molecule has 1 aliphatic heterocycles. The second-order valence-electron chi connectivity index (χ2n) is 7.78. The number of ketones is 1. The first-order chi connectivity index (χ1) is 18.3. The lowest BCUT2D eigenvalue weighted by Crippen LogP contribution is -2.21. The number of para-hydroxylation sites is 1. The number of anilines is 1. The van der Waals surface area contributed by atoms with Gasteiger partial charge >= 0.3 is 5.97 Å². The Morgan fingerprint density at radius 2 is 1.66 bits per heavy atom. The van der Waals surface area contributed by atoms with Gasteiger partial charge in [0.05, 0.1) is 27.4 Å². The van der Waals surface area contributed by atoms with Crippen LogP contribution in [-0.2, 0) is 19.4 Å². The molecule has 0 amide bonds. The van der Waals surface area contributed by atoms with Gasteiger partial charge in [0.2, 0.25) is 20.7 Å². The Labute approximate surface area is 231 Å². The van der Waals surface area contributed by atoms with Crippen LogP contribution in [0.3, 0.4) is 0 Å². The first kappa shape index (κ1) is 26.1. The molecule has 4 aromatic rings. The average Bonchev–Trinajstić information content (AvgIpc) is 3.55. The highest BCUT2D eigenvalue weighted by Gasteiger charge is 2.40. The zero-order valence-electron chi connectivity index (χ0n) is 19.7. The Kier molecular flexibility index (Phi) is 7.35. The van der Waals surface area contributed by atoms with Crippen LogP contribution < -0.4 is 5.01 Å². The van der Waals surface area contributed by atoms with Crippen LogP contribution in [0.5, 0.6) is 0 Å². The van der Waals surface area contributed by atoms with Crippen molar-refractivity contribution in [1.82, 2.24) is 4.98 Å². The number of fused-ring (bicyclic) bond motifs is 1. The second kappa shape index (κ2) is 10.7. The minimum atomic E-state index is -4.40. The standard InChI is InChI=1S/C26H18ClN3O5S3/c1-2-35-26(32)24-29-30(17-14-12-16(27)13-15-17)25(37-24)22(38(33,34)18-8-4-3-5-9-18)21(31)23-28-19-10-6-7-11-20(19)36-23/h3-15H,2H2,1H3/b25-22+. The summed E-state index contributed by atoms with van der Waals surface area (Å²) in [7, 11) is -4.40. The number of thiazole rings is 1. The summed E-state index contributed by atoms with van der Waals surface area (Å²) >= 11 is 7.89. The number of hydrazone groups is 1. The molecule has 0 atom stereocenters. The maximum atomic E-state index is 14.1. The minimum Gasteiger partial charge on any atom is -0.461 e. The molecule has 2 heterocycles. The van der Waals surface area contributed by atoms with Gasteiger partial charge in [-0.25, -0.2) is 23.2 Å². The molecule has 1 aliphatic rings. The highest BCUT2D eigenvalue weighted by molar-refractivity contribution is 8.19. The normalized spacial score (nSPS) is 14.9. The third-order valence-corrected chi connectivity index (χ3v) is 9.55. The van der Waals surface area contributed by atoms with E-state index in [1.54, 1.807) is 67.6 Å². The van der Waals surface area contributed by atoms with Crippen molar-refractivity contribution in [3.8, 4) is 0 Å². The number of thioether (sulfide) groups is 1. The van der Waals surface area contributed by atoms with Crippen LogP contribution >= 0.6 is 34.7 Å². The fourth-order valence-corrected chi connectivity index (χ4v) is 7.42. The highest BCUT2D eigenvalue weighted by Crippen LogP contribution is 2.41. The minimum absolute atomic E-state index is 0.00514. The Balaban J connectivity index is 1.75. The van der Waals surface area contributed by atoms with Crippen molar-refractivity contribution < 1.29 is 22.7 Å². The number of rotatable bonds is 7. The van der Waals surface area contributed by atoms with Gasteiger partial charge in [0, 0.05) is 5.02 Å². The molecule has 0 bridgehead atoms. The molecule has 5 rings (SSSR count). The number of hydrogen-bond acceptors (Lipinski definition) is 10. The van der Waals surface area contributed by atoms with Crippen molar-refractivity contribution in [1.29, 1.82) is 0 Å². The van der Waals surface area contributed by atoms with Crippen molar-refractivity contribution in [3.63, 3.8) is 0 Å². The predicted octanol–water partition coefficient (Wildman–Crippen LogP) is 5.91. The van der Waals surface area contributed by atoms with Crippen molar-refractivity contribution in [3.05, 3.63) is 98.8 Å². The summed E-state index contributed by atoms with van der Waals surface area (Å²) in [5.74, 6) is -1.55. The number of benzene rings is 3. The molecule has 0 aliphatic carbocycles. The van der Waals surface area contributed by atoms with E-state index in [1.807, 2.05) is 6.07 Å². The Hall–Kier alpha value is -3.51. The molecule has 8 nitrogen and oxygen atoms in total. The van der Waals surface area contributed by atoms with Crippen LogP contribution in [0, 0.1) is 0 Å². The largest absolute Gasteiger partial charge is 0.461 e. The SMILES string of the molecule is CCOC(=O)C1=NN(c2ccc(Cl)cc2)/C(=C(/C(=O)c2nc3ccccc3s2)S(=O)(=O)c2ccccc2)S1. The zero-order valence-corrected chi connectivity index (χ0v) is 22.9. The van der Waals surface area contributed by atoms with Crippen LogP contribution in [-0.4, -0.2) is 36.8 Å². The quantitative estimate of drug-likeness (QED) is 0.150. The number of nitrogens with zero attached hydrogens (tertiary/aromatic N) is 3. The second-order valence-corrected chi connectivity index (χ2v) is 12.1.